The number of hydrogen-bond donors (Lipinski definition) is 1. The molecule has 0 saturated carbocycles. The van der Waals surface area contributed by atoms with Crippen LogP contribution in [0.4, 0.5) is 5.13 Å². The maximum Gasteiger partial charge on any atom is 0.265 e. The smallest absolute Gasteiger partial charge is 0.265 e. The van der Waals surface area contributed by atoms with Gasteiger partial charge in [-0.1, -0.05) is 18.2 Å². The Morgan fingerprint density at radius 1 is 1.18 bits per heavy atom. The third-order valence-electron chi connectivity index (χ3n) is 4.23. The molecule has 1 N–H and O–H groups in total. The van der Waals surface area contributed by atoms with Crippen LogP contribution < -0.4 is 10.3 Å². The number of aromatic nitrogens is 2. The van der Waals surface area contributed by atoms with Crippen LogP contribution in [0.5, 0.6) is 11.6 Å². The molecule has 0 unspecified atom stereocenters. The van der Waals surface area contributed by atoms with Crippen molar-refractivity contribution in [2.24, 2.45) is 4.99 Å². The van der Waals surface area contributed by atoms with Crippen LogP contribution in [0.2, 0.25) is 0 Å². The van der Waals surface area contributed by atoms with Crippen LogP contribution in [-0.2, 0) is 0 Å². The summed E-state index contributed by atoms with van der Waals surface area (Å²) in [6, 6.07) is 14.2. The van der Waals surface area contributed by atoms with Crippen LogP contribution in [0.3, 0.4) is 0 Å². The van der Waals surface area contributed by atoms with Crippen LogP contribution in [0.1, 0.15) is 12.5 Å². The highest BCUT2D eigenvalue weighted by molar-refractivity contribution is 7.13. The Bertz CT molecular complexity index is 1200. The third kappa shape index (κ3) is 3.27. The fraction of sp³-hybridized carbons (Fsp3) is 0.0952. The number of thiazole rings is 1. The lowest BCUT2D eigenvalue weighted by atomic mass is 10.1. The van der Waals surface area contributed by atoms with Gasteiger partial charge in [-0.25, -0.2) is 14.5 Å². The van der Waals surface area contributed by atoms with Gasteiger partial charge in [-0.2, -0.15) is 0 Å². The lowest BCUT2D eigenvalue weighted by Gasteiger charge is -2.14. The summed E-state index contributed by atoms with van der Waals surface area (Å²) in [5.41, 5.74) is 0.698. The van der Waals surface area contributed by atoms with Crippen molar-refractivity contribution in [1.82, 2.24) is 9.55 Å². The molecule has 2 heterocycles. The van der Waals surface area contributed by atoms with Crippen molar-refractivity contribution in [3.05, 3.63) is 76.0 Å². The number of ether oxygens (including phenoxy) is 1. The maximum atomic E-state index is 13.1. The molecule has 6 nitrogen and oxygen atoms in total. The van der Waals surface area contributed by atoms with Gasteiger partial charge in [0.2, 0.25) is 11.0 Å². The summed E-state index contributed by atoms with van der Waals surface area (Å²) in [5.74, 6) is 0.526. The van der Waals surface area contributed by atoms with E-state index in [2.05, 4.69) is 9.98 Å². The van der Waals surface area contributed by atoms with Crippen molar-refractivity contribution in [3.63, 3.8) is 0 Å². The van der Waals surface area contributed by atoms with Crippen molar-refractivity contribution in [2.45, 2.75) is 6.92 Å². The van der Waals surface area contributed by atoms with Gasteiger partial charge in [-0.05, 0) is 37.3 Å². The highest BCUT2D eigenvalue weighted by atomic mass is 32.1. The number of fused-ring (bicyclic) bond motifs is 1. The summed E-state index contributed by atoms with van der Waals surface area (Å²) in [6.45, 7) is 2.46. The molecule has 0 aliphatic carbocycles. The van der Waals surface area contributed by atoms with Gasteiger partial charge in [0, 0.05) is 28.6 Å². The average molecular weight is 391 g/mol. The number of nitrogens with zero attached hydrogens (tertiary/aromatic N) is 3. The zero-order valence-corrected chi connectivity index (χ0v) is 15.9. The zero-order valence-electron chi connectivity index (χ0n) is 15.1. The Morgan fingerprint density at radius 2 is 1.93 bits per heavy atom. The van der Waals surface area contributed by atoms with Crippen molar-refractivity contribution >= 4 is 33.5 Å². The largest absolute Gasteiger partial charge is 0.494 e. The standard InChI is InChI=1S/C21H17N3O3S/c1-2-27-15-9-7-14(8-10-15)24-19(25)17-6-4-3-5-16(17)18(20(24)26)13-23-21-22-11-12-28-21/h3-13,26H,2H2,1H3/b23-13+. The molecular weight excluding hydrogens is 374 g/mol. The summed E-state index contributed by atoms with van der Waals surface area (Å²) in [4.78, 5) is 21.5. The molecule has 0 aliphatic heterocycles. The second-order valence-corrected chi connectivity index (χ2v) is 6.80. The molecule has 28 heavy (non-hydrogen) atoms. The van der Waals surface area contributed by atoms with E-state index >= 15 is 0 Å². The zero-order chi connectivity index (χ0) is 19.5. The van der Waals surface area contributed by atoms with Gasteiger partial charge in [0.05, 0.1) is 17.9 Å². The van der Waals surface area contributed by atoms with Gasteiger partial charge >= 0.3 is 0 Å². The number of aromatic hydroxyl groups is 1. The van der Waals surface area contributed by atoms with Gasteiger partial charge in [-0.15, -0.1) is 11.3 Å². The Kier molecular flexibility index (Phi) is 4.90. The molecular formula is C21H17N3O3S. The second kappa shape index (κ2) is 7.66. The van der Waals surface area contributed by atoms with Crippen molar-refractivity contribution in [1.29, 1.82) is 0 Å². The van der Waals surface area contributed by atoms with E-state index in [4.69, 9.17) is 4.74 Å². The molecule has 0 spiro atoms. The third-order valence-corrected chi connectivity index (χ3v) is 4.91. The number of pyridine rings is 1. The van der Waals surface area contributed by atoms with Crippen LogP contribution in [0.25, 0.3) is 16.5 Å². The number of rotatable bonds is 5. The lowest BCUT2D eigenvalue weighted by molar-refractivity contribution is 0.340. The van der Waals surface area contributed by atoms with Crippen LogP contribution >= 0.6 is 11.3 Å². The minimum Gasteiger partial charge on any atom is -0.494 e. The molecule has 0 atom stereocenters. The molecule has 4 rings (SSSR count). The predicted octanol–water partition coefficient (Wildman–Crippen LogP) is 4.30. The quantitative estimate of drug-likeness (QED) is 0.515. The normalized spacial score (nSPS) is 11.3. The Morgan fingerprint density at radius 3 is 2.61 bits per heavy atom. The first-order valence-electron chi connectivity index (χ1n) is 8.72. The SMILES string of the molecule is CCOc1ccc(-n2c(O)c(/C=N/c3nccs3)c3ccccc3c2=O)cc1. The molecule has 140 valence electrons. The molecule has 0 amide bonds. The van der Waals surface area contributed by atoms with Crippen LogP contribution in [0, 0.1) is 0 Å². The van der Waals surface area contributed by atoms with Crippen molar-refractivity contribution in [2.75, 3.05) is 6.61 Å². The highest BCUT2D eigenvalue weighted by Crippen LogP contribution is 2.27. The second-order valence-electron chi connectivity index (χ2n) is 5.92. The molecule has 2 aromatic heterocycles. The predicted molar refractivity (Wildman–Crippen MR) is 112 cm³/mol. The number of hydrogen-bond acceptors (Lipinski definition) is 6. The molecule has 2 aromatic carbocycles. The van der Waals surface area contributed by atoms with E-state index in [1.807, 2.05) is 18.4 Å². The Labute approximate surface area is 165 Å². The monoisotopic (exact) mass is 391 g/mol. The summed E-state index contributed by atoms with van der Waals surface area (Å²) in [7, 11) is 0. The van der Waals surface area contributed by atoms with Gasteiger partial charge in [0.25, 0.3) is 5.56 Å². The van der Waals surface area contributed by atoms with Crippen LogP contribution in [-0.4, -0.2) is 27.5 Å². The Balaban J connectivity index is 1.92. The fourth-order valence-electron chi connectivity index (χ4n) is 2.99. The molecule has 4 aromatic rings. The minimum atomic E-state index is -0.302. The van der Waals surface area contributed by atoms with E-state index in [0.29, 0.717) is 39.5 Å². The lowest BCUT2D eigenvalue weighted by Crippen LogP contribution is -2.20. The topological polar surface area (TPSA) is 76.7 Å². The molecule has 0 aliphatic rings. The number of aliphatic imine (C=N–C) groups is 1. The molecule has 0 fully saturated rings. The van der Waals surface area contributed by atoms with Crippen LogP contribution in [0.15, 0.2) is 69.9 Å². The van der Waals surface area contributed by atoms with E-state index in [-0.39, 0.29) is 11.4 Å². The summed E-state index contributed by atoms with van der Waals surface area (Å²) in [5, 5.41) is 14.5. The van der Waals surface area contributed by atoms with Gasteiger partial charge in [-0.3, -0.25) is 4.79 Å². The molecule has 0 radical (unpaired) electrons. The summed E-state index contributed by atoms with van der Waals surface area (Å²) < 4.78 is 6.73. The van der Waals surface area contributed by atoms with Crippen molar-refractivity contribution in [3.8, 4) is 17.3 Å². The first kappa shape index (κ1) is 17.9. The van der Waals surface area contributed by atoms with E-state index in [1.165, 1.54) is 15.9 Å². The molecule has 7 heteroatoms. The average Bonchev–Trinajstić information content (AvgIpc) is 3.23. The van der Waals surface area contributed by atoms with E-state index in [9.17, 15) is 9.90 Å². The highest BCUT2D eigenvalue weighted by Gasteiger charge is 2.16. The van der Waals surface area contributed by atoms with E-state index < -0.39 is 0 Å². The Hall–Kier alpha value is -3.45. The number of benzene rings is 2. The van der Waals surface area contributed by atoms with Gasteiger partial charge < -0.3 is 9.84 Å². The minimum absolute atomic E-state index is 0.173. The first-order valence-corrected chi connectivity index (χ1v) is 9.60. The van der Waals surface area contributed by atoms with Gasteiger partial charge in [0.1, 0.15) is 5.75 Å². The fourth-order valence-corrected chi connectivity index (χ4v) is 3.47. The van der Waals surface area contributed by atoms with E-state index in [0.717, 1.165) is 0 Å². The van der Waals surface area contributed by atoms with Crippen molar-refractivity contribution < 1.29 is 9.84 Å². The first-order chi connectivity index (χ1) is 13.7. The van der Waals surface area contributed by atoms with Gasteiger partial charge in [0.15, 0.2) is 0 Å². The molecule has 0 saturated heterocycles. The summed E-state index contributed by atoms with van der Waals surface area (Å²) >= 11 is 1.39. The summed E-state index contributed by atoms with van der Waals surface area (Å²) in [6.07, 6.45) is 3.21. The molecule has 0 bridgehead atoms. The maximum absolute atomic E-state index is 13.1. The van der Waals surface area contributed by atoms with E-state index in [1.54, 1.807) is 54.9 Å².